The second-order valence-corrected chi connectivity index (χ2v) is 6.49. The van der Waals surface area contributed by atoms with Crippen molar-refractivity contribution >= 4 is 10.9 Å². The van der Waals surface area contributed by atoms with E-state index in [0.717, 1.165) is 36.0 Å². The van der Waals surface area contributed by atoms with Crippen molar-refractivity contribution in [3.05, 3.63) is 40.7 Å². The van der Waals surface area contributed by atoms with Gasteiger partial charge in [-0.25, -0.2) is 0 Å². The maximum Gasteiger partial charge on any atom is 0.254 e. The number of aromatic nitrogens is 1. The van der Waals surface area contributed by atoms with Gasteiger partial charge in [0.25, 0.3) is 5.56 Å². The topological polar surface area (TPSA) is 31.2 Å². The van der Waals surface area contributed by atoms with Crippen molar-refractivity contribution < 1.29 is 4.74 Å². The quantitative estimate of drug-likeness (QED) is 0.507. The Balaban J connectivity index is 2.14. The molecule has 0 aliphatic heterocycles. The Kier molecular flexibility index (Phi) is 7.87. The van der Waals surface area contributed by atoms with E-state index in [1.807, 2.05) is 22.8 Å². The molecule has 0 amide bonds. The standard InChI is InChI=1S/C21H31NO2/c1-3-5-7-11-15-22-19-14-10-9-13-18(19)20(17-21(22)23)24-16-12-8-6-4-2/h9-10,13-14,17H,3-8,11-12,15-16H2,1-2H3. The van der Waals surface area contributed by atoms with E-state index in [4.69, 9.17) is 4.74 Å². The average Bonchev–Trinajstić information content (AvgIpc) is 2.60. The molecule has 2 rings (SSSR count). The molecule has 0 fully saturated rings. The van der Waals surface area contributed by atoms with Crippen molar-refractivity contribution in [1.29, 1.82) is 0 Å². The summed E-state index contributed by atoms with van der Waals surface area (Å²) < 4.78 is 7.83. The molecule has 132 valence electrons. The Morgan fingerprint density at radius 2 is 1.62 bits per heavy atom. The van der Waals surface area contributed by atoms with Gasteiger partial charge in [-0.05, 0) is 25.0 Å². The molecule has 2 aromatic rings. The predicted molar refractivity (Wildman–Crippen MR) is 102 cm³/mol. The van der Waals surface area contributed by atoms with E-state index < -0.39 is 0 Å². The van der Waals surface area contributed by atoms with Crippen LogP contribution in [0.15, 0.2) is 35.1 Å². The van der Waals surface area contributed by atoms with Crippen molar-refractivity contribution in [3.8, 4) is 5.75 Å². The van der Waals surface area contributed by atoms with Crippen LogP contribution in [0.2, 0.25) is 0 Å². The summed E-state index contributed by atoms with van der Waals surface area (Å²) in [4.78, 5) is 12.5. The molecular formula is C21H31NO2. The Hall–Kier alpha value is -1.77. The van der Waals surface area contributed by atoms with Crippen LogP contribution in [0, 0.1) is 0 Å². The summed E-state index contributed by atoms with van der Waals surface area (Å²) in [6.45, 7) is 5.88. The lowest BCUT2D eigenvalue weighted by atomic mass is 10.1. The third-order valence-electron chi connectivity index (χ3n) is 4.47. The van der Waals surface area contributed by atoms with Crippen LogP contribution in [0.4, 0.5) is 0 Å². The lowest BCUT2D eigenvalue weighted by molar-refractivity contribution is 0.307. The molecule has 0 bridgehead atoms. The molecule has 0 spiro atoms. The van der Waals surface area contributed by atoms with E-state index in [2.05, 4.69) is 19.9 Å². The van der Waals surface area contributed by atoms with Crippen LogP contribution in [0.25, 0.3) is 10.9 Å². The first-order valence-corrected chi connectivity index (χ1v) is 9.53. The lowest BCUT2D eigenvalue weighted by Crippen LogP contribution is -2.20. The summed E-state index contributed by atoms with van der Waals surface area (Å²) in [7, 11) is 0. The summed E-state index contributed by atoms with van der Waals surface area (Å²) in [5.74, 6) is 0.733. The summed E-state index contributed by atoms with van der Waals surface area (Å²) in [5, 5.41) is 1.04. The van der Waals surface area contributed by atoms with Gasteiger partial charge >= 0.3 is 0 Å². The Labute approximate surface area is 145 Å². The fourth-order valence-electron chi connectivity index (χ4n) is 3.06. The number of fused-ring (bicyclic) bond motifs is 1. The fourth-order valence-corrected chi connectivity index (χ4v) is 3.06. The Bertz CT molecular complexity index is 675. The average molecular weight is 329 g/mol. The van der Waals surface area contributed by atoms with Gasteiger partial charge in [-0.1, -0.05) is 64.5 Å². The third kappa shape index (κ3) is 5.12. The van der Waals surface area contributed by atoms with E-state index in [-0.39, 0.29) is 5.56 Å². The molecule has 0 saturated carbocycles. The molecule has 1 aromatic heterocycles. The molecule has 0 radical (unpaired) electrons. The summed E-state index contributed by atoms with van der Waals surface area (Å²) >= 11 is 0. The number of nitrogens with zero attached hydrogens (tertiary/aromatic N) is 1. The zero-order valence-corrected chi connectivity index (χ0v) is 15.2. The van der Waals surface area contributed by atoms with Gasteiger partial charge in [0, 0.05) is 18.0 Å². The number of hydrogen-bond acceptors (Lipinski definition) is 2. The molecule has 0 unspecified atom stereocenters. The van der Waals surface area contributed by atoms with Crippen molar-refractivity contribution in [3.63, 3.8) is 0 Å². The minimum absolute atomic E-state index is 0.0498. The third-order valence-corrected chi connectivity index (χ3v) is 4.47. The van der Waals surface area contributed by atoms with Gasteiger partial charge in [-0.3, -0.25) is 4.79 Å². The first-order chi connectivity index (χ1) is 11.8. The highest BCUT2D eigenvalue weighted by atomic mass is 16.5. The molecule has 0 aliphatic carbocycles. The highest BCUT2D eigenvalue weighted by Crippen LogP contribution is 2.24. The van der Waals surface area contributed by atoms with Gasteiger partial charge < -0.3 is 9.30 Å². The van der Waals surface area contributed by atoms with Crippen LogP contribution < -0.4 is 10.3 Å². The van der Waals surface area contributed by atoms with Crippen LogP contribution in [-0.2, 0) is 6.54 Å². The van der Waals surface area contributed by atoms with Crippen molar-refractivity contribution in [2.75, 3.05) is 6.61 Å². The SMILES string of the molecule is CCCCCCOc1cc(=O)n(CCCCCC)c2ccccc12. The molecule has 0 saturated heterocycles. The zero-order valence-electron chi connectivity index (χ0n) is 15.2. The highest BCUT2D eigenvalue weighted by Gasteiger charge is 2.09. The minimum atomic E-state index is 0.0498. The number of benzene rings is 1. The Morgan fingerprint density at radius 1 is 0.917 bits per heavy atom. The van der Waals surface area contributed by atoms with Gasteiger partial charge in [-0.15, -0.1) is 0 Å². The molecule has 0 atom stereocenters. The summed E-state index contributed by atoms with van der Waals surface area (Å²) in [6, 6.07) is 9.76. The van der Waals surface area contributed by atoms with Crippen LogP contribution in [0.3, 0.4) is 0 Å². The number of hydrogen-bond donors (Lipinski definition) is 0. The highest BCUT2D eigenvalue weighted by molar-refractivity contribution is 5.85. The van der Waals surface area contributed by atoms with Crippen molar-refractivity contribution in [2.24, 2.45) is 0 Å². The number of pyridine rings is 1. The monoisotopic (exact) mass is 329 g/mol. The van der Waals surface area contributed by atoms with Crippen LogP contribution in [0.1, 0.15) is 65.2 Å². The number of para-hydroxylation sites is 1. The van der Waals surface area contributed by atoms with Crippen molar-refractivity contribution in [2.45, 2.75) is 71.8 Å². The van der Waals surface area contributed by atoms with Gasteiger partial charge in [0.15, 0.2) is 0 Å². The Morgan fingerprint density at radius 3 is 2.38 bits per heavy atom. The molecule has 1 aromatic carbocycles. The second-order valence-electron chi connectivity index (χ2n) is 6.49. The maximum atomic E-state index is 12.5. The van der Waals surface area contributed by atoms with Crippen LogP contribution in [-0.4, -0.2) is 11.2 Å². The van der Waals surface area contributed by atoms with E-state index in [1.54, 1.807) is 6.07 Å². The molecule has 0 aliphatic rings. The minimum Gasteiger partial charge on any atom is -0.493 e. The largest absolute Gasteiger partial charge is 0.493 e. The zero-order chi connectivity index (χ0) is 17.2. The molecular weight excluding hydrogens is 298 g/mol. The van der Waals surface area contributed by atoms with E-state index >= 15 is 0 Å². The van der Waals surface area contributed by atoms with Gasteiger partial charge in [0.05, 0.1) is 12.1 Å². The second kappa shape index (κ2) is 10.2. The van der Waals surface area contributed by atoms with E-state index in [9.17, 15) is 4.79 Å². The molecule has 24 heavy (non-hydrogen) atoms. The van der Waals surface area contributed by atoms with Gasteiger partial charge in [-0.2, -0.15) is 0 Å². The number of aryl methyl sites for hydroxylation is 1. The molecule has 1 heterocycles. The first-order valence-electron chi connectivity index (χ1n) is 9.53. The predicted octanol–water partition coefficient (Wildman–Crippen LogP) is 5.54. The normalized spacial score (nSPS) is 11.1. The molecule has 0 N–H and O–H groups in total. The van der Waals surface area contributed by atoms with E-state index in [1.165, 1.54) is 38.5 Å². The molecule has 3 nitrogen and oxygen atoms in total. The van der Waals surface area contributed by atoms with Crippen LogP contribution >= 0.6 is 0 Å². The van der Waals surface area contributed by atoms with E-state index in [0.29, 0.717) is 6.61 Å². The number of rotatable bonds is 11. The summed E-state index contributed by atoms with van der Waals surface area (Å²) in [6.07, 6.45) is 9.35. The van der Waals surface area contributed by atoms with Gasteiger partial charge in [0.2, 0.25) is 0 Å². The van der Waals surface area contributed by atoms with Crippen molar-refractivity contribution in [1.82, 2.24) is 4.57 Å². The van der Waals surface area contributed by atoms with Gasteiger partial charge in [0.1, 0.15) is 5.75 Å². The maximum absolute atomic E-state index is 12.5. The van der Waals surface area contributed by atoms with Crippen LogP contribution in [0.5, 0.6) is 5.75 Å². The fraction of sp³-hybridized carbons (Fsp3) is 0.571. The number of ether oxygens (including phenoxy) is 1. The number of unbranched alkanes of at least 4 members (excludes halogenated alkanes) is 6. The summed E-state index contributed by atoms with van der Waals surface area (Å²) in [5.41, 5.74) is 1.04. The lowest BCUT2D eigenvalue weighted by Gasteiger charge is -2.14. The first kappa shape index (κ1) is 18.6. The molecule has 3 heteroatoms. The smallest absolute Gasteiger partial charge is 0.254 e.